The average molecular weight is 271 g/mol. The van der Waals surface area contributed by atoms with Crippen LogP contribution in [-0.4, -0.2) is 37.7 Å². The summed E-state index contributed by atoms with van der Waals surface area (Å²) in [5.41, 5.74) is 7.05. The van der Waals surface area contributed by atoms with Gasteiger partial charge in [0.2, 0.25) is 0 Å². The maximum absolute atomic E-state index is 6.00. The number of likely N-dealkylation sites (N-methyl/N-ethyl adjacent to an activating group) is 1. The predicted molar refractivity (Wildman–Crippen MR) is 76.9 cm³/mol. The van der Waals surface area contributed by atoms with E-state index in [2.05, 4.69) is 24.9 Å². The van der Waals surface area contributed by atoms with Crippen LogP contribution in [0.5, 0.6) is 0 Å². The van der Waals surface area contributed by atoms with E-state index in [1.165, 1.54) is 5.56 Å². The Morgan fingerprint density at radius 2 is 2.17 bits per heavy atom. The van der Waals surface area contributed by atoms with E-state index in [1.54, 1.807) is 7.11 Å². The molecule has 3 nitrogen and oxygen atoms in total. The first-order valence-corrected chi connectivity index (χ1v) is 6.54. The normalized spacial score (nSPS) is 14.8. The van der Waals surface area contributed by atoms with Gasteiger partial charge in [-0.2, -0.15) is 0 Å². The van der Waals surface area contributed by atoms with Crippen LogP contribution in [-0.2, 0) is 11.3 Å². The molecule has 1 rings (SSSR count). The number of hydrogen-bond donors (Lipinski definition) is 1. The SMILES string of the molecule is COCCC(C)(CN)N(C)Cc1cccc(Cl)c1. The van der Waals surface area contributed by atoms with E-state index in [-0.39, 0.29) is 5.54 Å². The molecule has 0 aliphatic heterocycles. The van der Waals surface area contributed by atoms with Crippen LogP contribution < -0.4 is 5.73 Å². The van der Waals surface area contributed by atoms with Crippen molar-refractivity contribution in [3.05, 3.63) is 34.9 Å². The molecule has 0 radical (unpaired) electrons. The molecule has 0 saturated carbocycles. The zero-order chi connectivity index (χ0) is 13.6. The molecule has 0 fully saturated rings. The first kappa shape index (κ1) is 15.4. The lowest BCUT2D eigenvalue weighted by Gasteiger charge is -2.38. The molecule has 0 saturated heterocycles. The number of nitrogens with zero attached hydrogens (tertiary/aromatic N) is 1. The highest BCUT2D eigenvalue weighted by molar-refractivity contribution is 6.30. The van der Waals surface area contributed by atoms with Gasteiger partial charge in [0.15, 0.2) is 0 Å². The summed E-state index contributed by atoms with van der Waals surface area (Å²) in [6.07, 6.45) is 0.914. The van der Waals surface area contributed by atoms with Crippen molar-refractivity contribution in [2.45, 2.75) is 25.4 Å². The van der Waals surface area contributed by atoms with Crippen LogP contribution in [0, 0.1) is 0 Å². The monoisotopic (exact) mass is 270 g/mol. The van der Waals surface area contributed by atoms with E-state index < -0.39 is 0 Å². The van der Waals surface area contributed by atoms with Gasteiger partial charge in [0.25, 0.3) is 0 Å². The van der Waals surface area contributed by atoms with E-state index >= 15 is 0 Å². The van der Waals surface area contributed by atoms with Crippen molar-refractivity contribution >= 4 is 11.6 Å². The van der Waals surface area contributed by atoms with Crippen molar-refractivity contribution in [2.24, 2.45) is 5.73 Å². The van der Waals surface area contributed by atoms with Gasteiger partial charge in [-0.25, -0.2) is 0 Å². The minimum atomic E-state index is -0.0572. The molecular formula is C14H23ClN2O. The highest BCUT2D eigenvalue weighted by Crippen LogP contribution is 2.20. The maximum Gasteiger partial charge on any atom is 0.0480 e. The van der Waals surface area contributed by atoms with Gasteiger partial charge in [0.05, 0.1) is 0 Å². The third-order valence-electron chi connectivity index (χ3n) is 3.51. The molecule has 2 N–H and O–H groups in total. The van der Waals surface area contributed by atoms with Gasteiger partial charge >= 0.3 is 0 Å². The summed E-state index contributed by atoms with van der Waals surface area (Å²) in [7, 11) is 3.80. The summed E-state index contributed by atoms with van der Waals surface area (Å²) in [4.78, 5) is 2.26. The van der Waals surface area contributed by atoms with Crippen LogP contribution in [0.15, 0.2) is 24.3 Å². The highest BCUT2D eigenvalue weighted by Gasteiger charge is 2.27. The van der Waals surface area contributed by atoms with Crippen molar-refractivity contribution in [1.82, 2.24) is 4.90 Å². The summed E-state index contributed by atoms with van der Waals surface area (Å²) >= 11 is 6.00. The molecule has 0 aromatic heterocycles. The second kappa shape index (κ2) is 7.10. The van der Waals surface area contributed by atoms with Crippen LogP contribution in [0.4, 0.5) is 0 Å². The molecule has 102 valence electrons. The van der Waals surface area contributed by atoms with E-state index in [0.717, 1.165) is 18.0 Å². The smallest absolute Gasteiger partial charge is 0.0480 e. The standard InChI is InChI=1S/C14H23ClN2O/c1-14(11-16,7-8-18-3)17(2)10-12-5-4-6-13(15)9-12/h4-6,9H,7-8,10-11,16H2,1-3H3. The summed E-state index contributed by atoms with van der Waals surface area (Å²) in [5, 5.41) is 0.771. The van der Waals surface area contributed by atoms with Crippen LogP contribution >= 0.6 is 11.6 Å². The first-order chi connectivity index (χ1) is 8.51. The topological polar surface area (TPSA) is 38.5 Å². The molecule has 18 heavy (non-hydrogen) atoms. The minimum absolute atomic E-state index is 0.0572. The van der Waals surface area contributed by atoms with Crippen molar-refractivity contribution in [2.75, 3.05) is 27.3 Å². The Balaban J connectivity index is 2.69. The molecule has 1 aromatic carbocycles. The van der Waals surface area contributed by atoms with Crippen molar-refractivity contribution < 1.29 is 4.74 Å². The third kappa shape index (κ3) is 4.25. The number of benzene rings is 1. The Kier molecular flexibility index (Phi) is 6.09. The molecule has 1 aromatic rings. The lowest BCUT2D eigenvalue weighted by Crippen LogP contribution is -2.49. The van der Waals surface area contributed by atoms with Gasteiger partial charge in [-0.05, 0) is 38.1 Å². The molecule has 0 aliphatic rings. The predicted octanol–water partition coefficient (Wildman–Crippen LogP) is 2.53. The first-order valence-electron chi connectivity index (χ1n) is 6.16. The number of rotatable bonds is 7. The van der Waals surface area contributed by atoms with Crippen LogP contribution in [0.25, 0.3) is 0 Å². The van der Waals surface area contributed by atoms with Gasteiger partial charge in [-0.3, -0.25) is 4.90 Å². The Labute approximate surface area is 115 Å². The lowest BCUT2D eigenvalue weighted by atomic mass is 9.95. The zero-order valence-corrected chi connectivity index (χ0v) is 12.2. The number of halogens is 1. The molecule has 1 unspecified atom stereocenters. The van der Waals surface area contributed by atoms with Gasteiger partial charge in [-0.15, -0.1) is 0 Å². The third-order valence-corrected chi connectivity index (χ3v) is 3.75. The van der Waals surface area contributed by atoms with Crippen molar-refractivity contribution in [1.29, 1.82) is 0 Å². The van der Waals surface area contributed by atoms with Gasteiger partial charge in [-0.1, -0.05) is 23.7 Å². The van der Waals surface area contributed by atoms with Crippen molar-refractivity contribution in [3.63, 3.8) is 0 Å². The fourth-order valence-corrected chi connectivity index (χ4v) is 2.08. The van der Waals surface area contributed by atoms with Crippen LogP contribution in [0.3, 0.4) is 0 Å². The molecule has 0 heterocycles. The maximum atomic E-state index is 6.00. The molecule has 0 amide bonds. The fraction of sp³-hybridized carbons (Fsp3) is 0.571. The van der Waals surface area contributed by atoms with E-state index in [0.29, 0.717) is 13.2 Å². The summed E-state index contributed by atoms with van der Waals surface area (Å²) in [6, 6.07) is 7.93. The summed E-state index contributed by atoms with van der Waals surface area (Å²) in [5.74, 6) is 0. The molecule has 1 atom stereocenters. The highest BCUT2D eigenvalue weighted by atomic mass is 35.5. The molecular weight excluding hydrogens is 248 g/mol. The zero-order valence-electron chi connectivity index (χ0n) is 11.4. The molecule has 0 aliphatic carbocycles. The molecule has 0 spiro atoms. The van der Waals surface area contributed by atoms with E-state index in [4.69, 9.17) is 22.1 Å². The largest absolute Gasteiger partial charge is 0.385 e. The quantitative estimate of drug-likeness (QED) is 0.827. The van der Waals surface area contributed by atoms with Crippen LogP contribution in [0.2, 0.25) is 5.02 Å². The van der Waals surface area contributed by atoms with Gasteiger partial charge < -0.3 is 10.5 Å². The number of hydrogen-bond acceptors (Lipinski definition) is 3. The number of ether oxygens (including phenoxy) is 1. The Bertz CT molecular complexity index is 373. The minimum Gasteiger partial charge on any atom is -0.385 e. The Morgan fingerprint density at radius 3 is 2.72 bits per heavy atom. The second-order valence-electron chi connectivity index (χ2n) is 4.93. The molecule has 4 heteroatoms. The number of methoxy groups -OCH3 is 1. The summed E-state index contributed by atoms with van der Waals surface area (Å²) in [6.45, 7) is 4.32. The van der Waals surface area contributed by atoms with E-state index in [1.807, 2.05) is 18.2 Å². The van der Waals surface area contributed by atoms with Crippen LogP contribution in [0.1, 0.15) is 18.9 Å². The lowest BCUT2D eigenvalue weighted by molar-refractivity contribution is 0.0839. The van der Waals surface area contributed by atoms with E-state index in [9.17, 15) is 0 Å². The Hall–Kier alpha value is -0.610. The molecule has 0 bridgehead atoms. The average Bonchev–Trinajstić information content (AvgIpc) is 2.36. The second-order valence-corrected chi connectivity index (χ2v) is 5.37. The summed E-state index contributed by atoms with van der Waals surface area (Å²) < 4.78 is 5.16. The number of nitrogens with two attached hydrogens (primary N) is 1. The Morgan fingerprint density at radius 1 is 1.44 bits per heavy atom. The fourth-order valence-electron chi connectivity index (χ4n) is 1.87. The van der Waals surface area contributed by atoms with Gasteiger partial charge in [0, 0.05) is 37.4 Å². The van der Waals surface area contributed by atoms with Crippen molar-refractivity contribution in [3.8, 4) is 0 Å². The van der Waals surface area contributed by atoms with Gasteiger partial charge in [0.1, 0.15) is 0 Å².